The van der Waals surface area contributed by atoms with Crippen molar-refractivity contribution in [2.24, 2.45) is 16.2 Å². The summed E-state index contributed by atoms with van der Waals surface area (Å²) in [7, 11) is 0. The lowest BCUT2D eigenvalue weighted by atomic mass is 9.39. The quantitative estimate of drug-likeness (QED) is 0.675. The van der Waals surface area contributed by atoms with Gasteiger partial charge in [0.1, 0.15) is 0 Å². The summed E-state index contributed by atoms with van der Waals surface area (Å²) in [5.41, 5.74) is 2.86. The lowest BCUT2D eigenvalue weighted by Crippen LogP contribution is -2.64. The van der Waals surface area contributed by atoms with Gasteiger partial charge in [0.05, 0.1) is 25.0 Å². The molecule has 0 radical (unpaired) electrons. The van der Waals surface area contributed by atoms with Gasteiger partial charge in [-0.2, -0.15) is 5.10 Å². The van der Waals surface area contributed by atoms with Crippen LogP contribution in [0, 0.1) is 23.2 Å². The maximum absolute atomic E-state index is 11.7. The lowest BCUT2D eigenvalue weighted by molar-refractivity contribution is -0.250. The Hall–Kier alpha value is -2.25. The Kier molecular flexibility index (Phi) is 4.81. The van der Waals surface area contributed by atoms with E-state index in [1.54, 1.807) is 18.3 Å². The van der Waals surface area contributed by atoms with Crippen molar-refractivity contribution < 1.29 is 19.7 Å². The van der Waals surface area contributed by atoms with Crippen LogP contribution in [0.15, 0.2) is 24.5 Å². The number of carbonyl (C=O) groups is 1. The first-order chi connectivity index (χ1) is 15.1. The third-order valence-corrected chi connectivity index (χ3v) is 8.04. The highest BCUT2D eigenvalue weighted by Crippen LogP contribution is 2.72. The average molecular weight is 440 g/mol. The fraction of sp³-hybridized carbons (Fsp3) is 0.640. The molecule has 0 aliphatic heterocycles. The molecule has 4 aliphatic rings. The minimum Gasteiger partial charge on any atom is -0.476 e. The lowest BCUT2D eigenvalue weighted by Gasteiger charge is -2.69. The summed E-state index contributed by atoms with van der Waals surface area (Å²) in [4.78, 5) is 15.8. The van der Waals surface area contributed by atoms with Crippen molar-refractivity contribution in [3.63, 3.8) is 0 Å². The van der Waals surface area contributed by atoms with Crippen molar-refractivity contribution in [1.82, 2.24) is 14.8 Å². The van der Waals surface area contributed by atoms with Gasteiger partial charge >= 0.3 is 5.97 Å². The Morgan fingerprint density at radius 2 is 1.84 bits per heavy atom. The standard InChI is InChI=1S/C25H33N3O4/c1-17-19(18-5-4-6-26-20(18)21(30)31)9-27-28(17)16-24-11-22(2)10-23(3,12-24)14-25(13-22,15-24)32-8-7-29/h4-6,9,29H,7-8,10-16H2,1-3H3,(H,30,31). The smallest absolute Gasteiger partial charge is 0.355 e. The number of nitrogens with zero attached hydrogens (tertiary/aromatic N) is 3. The van der Waals surface area contributed by atoms with Crippen LogP contribution in [0.3, 0.4) is 0 Å². The van der Waals surface area contributed by atoms with Crippen molar-refractivity contribution in [1.29, 1.82) is 0 Å². The van der Waals surface area contributed by atoms with Gasteiger partial charge < -0.3 is 14.9 Å². The molecule has 7 heteroatoms. The van der Waals surface area contributed by atoms with E-state index in [1.807, 2.05) is 6.92 Å². The molecule has 2 unspecified atom stereocenters. The van der Waals surface area contributed by atoms with Crippen LogP contribution in [0.2, 0.25) is 0 Å². The van der Waals surface area contributed by atoms with E-state index in [4.69, 9.17) is 9.84 Å². The largest absolute Gasteiger partial charge is 0.476 e. The Morgan fingerprint density at radius 1 is 1.12 bits per heavy atom. The molecule has 32 heavy (non-hydrogen) atoms. The number of aliphatic hydroxyl groups excluding tert-OH is 1. The zero-order chi connectivity index (χ0) is 22.8. The second-order valence-electron chi connectivity index (χ2n) is 11.4. The van der Waals surface area contributed by atoms with Crippen LogP contribution in [0.1, 0.15) is 68.6 Å². The molecule has 2 heterocycles. The minimum atomic E-state index is -1.03. The number of rotatable bonds is 7. The highest BCUT2D eigenvalue weighted by molar-refractivity contribution is 5.94. The zero-order valence-electron chi connectivity index (χ0n) is 19.2. The average Bonchev–Trinajstić information content (AvgIpc) is 3.03. The number of carboxylic acids is 1. The van der Waals surface area contributed by atoms with Gasteiger partial charge in [-0.05, 0) is 67.8 Å². The summed E-state index contributed by atoms with van der Waals surface area (Å²) in [6.07, 6.45) is 9.95. The van der Waals surface area contributed by atoms with Crippen LogP contribution in [-0.4, -0.2) is 49.8 Å². The summed E-state index contributed by atoms with van der Waals surface area (Å²) in [5, 5.41) is 23.7. The van der Waals surface area contributed by atoms with Crippen molar-refractivity contribution in [3.05, 3.63) is 35.9 Å². The number of aliphatic hydroxyl groups is 1. The van der Waals surface area contributed by atoms with Crippen LogP contribution < -0.4 is 0 Å². The number of carboxylic acid groups (broad SMARTS) is 1. The predicted octanol–water partition coefficient (Wildman–Crippen LogP) is 4.08. The van der Waals surface area contributed by atoms with Crippen LogP contribution in [0.5, 0.6) is 0 Å². The molecule has 0 amide bonds. The number of aromatic carboxylic acids is 1. The van der Waals surface area contributed by atoms with Crippen LogP contribution >= 0.6 is 0 Å². The first kappa shape index (κ1) is 21.6. The summed E-state index contributed by atoms with van der Waals surface area (Å²) < 4.78 is 8.44. The fourth-order valence-electron chi connectivity index (χ4n) is 8.39. The molecule has 4 saturated carbocycles. The van der Waals surface area contributed by atoms with Crippen LogP contribution in [-0.2, 0) is 11.3 Å². The molecule has 0 aromatic carbocycles. The Labute approximate surface area is 188 Å². The second-order valence-corrected chi connectivity index (χ2v) is 11.4. The monoisotopic (exact) mass is 439 g/mol. The van der Waals surface area contributed by atoms with Gasteiger partial charge in [0, 0.05) is 29.6 Å². The van der Waals surface area contributed by atoms with Crippen molar-refractivity contribution in [2.75, 3.05) is 13.2 Å². The normalized spacial score (nSPS) is 35.4. The molecule has 2 aromatic heterocycles. The number of ether oxygens (including phenoxy) is 1. The molecule has 4 aliphatic carbocycles. The molecule has 2 aromatic rings. The predicted molar refractivity (Wildman–Crippen MR) is 119 cm³/mol. The van der Waals surface area contributed by atoms with Gasteiger partial charge in [-0.25, -0.2) is 9.78 Å². The topological polar surface area (TPSA) is 97.5 Å². The highest BCUT2D eigenvalue weighted by Gasteiger charge is 2.66. The summed E-state index contributed by atoms with van der Waals surface area (Å²) in [5.74, 6) is -1.03. The van der Waals surface area contributed by atoms with Gasteiger partial charge in [-0.3, -0.25) is 4.68 Å². The molecule has 0 saturated heterocycles. The summed E-state index contributed by atoms with van der Waals surface area (Å²) in [6, 6.07) is 3.57. The Bertz CT molecular complexity index is 1040. The molecule has 6 rings (SSSR count). The number of aromatic nitrogens is 3. The van der Waals surface area contributed by atoms with Gasteiger partial charge in [0.25, 0.3) is 0 Å². The van der Waals surface area contributed by atoms with Crippen molar-refractivity contribution in [3.8, 4) is 11.1 Å². The molecule has 2 N–H and O–H groups in total. The summed E-state index contributed by atoms with van der Waals surface area (Å²) >= 11 is 0. The molecule has 0 spiro atoms. The third kappa shape index (κ3) is 3.46. The van der Waals surface area contributed by atoms with E-state index >= 15 is 0 Å². The van der Waals surface area contributed by atoms with Gasteiger partial charge in [-0.15, -0.1) is 0 Å². The van der Waals surface area contributed by atoms with Crippen molar-refractivity contribution >= 4 is 5.97 Å². The van der Waals surface area contributed by atoms with Gasteiger partial charge in [0.15, 0.2) is 5.69 Å². The van der Waals surface area contributed by atoms with E-state index in [0.717, 1.165) is 49.9 Å². The van der Waals surface area contributed by atoms with E-state index in [0.29, 0.717) is 12.2 Å². The van der Waals surface area contributed by atoms with E-state index in [-0.39, 0.29) is 34.1 Å². The van der Waals surface area contributed by atoms with E-state index in [9.17, 15) is 15.0 Å². The van der Waals surface area contributed by atoms with E-state index in [2.05, 4.69) is 23.5 Å². The molecule has 7 nitrogen and oxygen atoms in total. The van der Waals surface area contributed by atoms with Crippen LogP contribution in [0.4, 0.5) is 0 Å². The fourth-order valence-corrected chi connectivity index (χ4v) is 8.39. The number of hydrogen-bond donors (Lipinski definition) is 2. The number of hydrogen-bond acceptors (Lipinski definition) is 5. The highest BCUT2D eigenvalue weighted by atomic mass is 16.5. The van der Waals surface area contributed by atoms with Crippen LogP contribution in [0.25, 0.3) is 11.1 Å². The third-order valence-electron chi connectivity index (χ3n) is 8.04. The zero-order valence-corrected chi connectivity index (χ0v) is 19.2. The van der Waals surface area contributed by atoms with Gasteiger partial charge in [-0.1, -0.05) is 19.9 Å². The van der Waals surface area contributed by atoms with E-state index in [1.165, 1.54) is 12.6 Å². The summed E-state index contributed by atoms with van der Waals surface area (Å²) in [6.45, 7) is 8.09. The molecule has 172 valence electrons. The first-order valence-electron chi connectivity index (χ1n) is 11.6. The maximum atomic E-state index is 11.7. The Balaban J connectivity index is 1.49. The minimum absolute atomic E-state index is 0.0564. The Morgan fingerprint density at radius 3 is 2.50 bits per heavy atom. The van der Waals surface area contributed by atoms with Crippen molar-refractivity contribution in [2.45, 2.75) is 71.4 Å². The first-order valence-corrected chi connectivity index (χ1v) is 11.6. The molecule has 4 bridgehead atoms. The molecular formula is C25H33N3O4. The number of pyridine rings is 1. The van der Waals surface area contributed by atoms with Gasteiger partial charge in [0.2, 0.25) is 0 Å². The molecule has 2 atom stereocenters. The second kappa shape index (κ2) is 7.12. The van der Waals surface area contributed by atoms with E-state index < -0.39 is 5.97 Å². The SMILES string of the molecule is Cc1c(-c2cccnc2C(=O)O)cnn1CC12CC3(C)CC(C)(C1)CC(OCCO)(C3)C2. The molecule has 4 fully saturated rings. The maximum Gasteiger partial charge on any atom is 0.355 e. The molecular weight excluding hydrogens is 406 g/mol.